The van der Waals surface area contributed by atoms with E-state index in [0.717, 1.165) is 13.5 Å². The number of rotatable bonds is 1. The second-order valence-electron chi connectivity index (χ2n) is 1.66. The second-order valence-corrected chi connectivity index (χ2v) is 1.66. The van der Waals surface area contributed by atoms with E-state index >= 15 is 0 Å². The summed E-state index contributed by atoms with van der Waals surface area (Å²) in [7, 11) is 0. The highest BCUT2D eigenvalue weighted by Gasteiger charge is 2.19. The van der Waals surface area contributed by atoms with E-state index in [1.165, 1.54) is 0 Å². The molecular formula is C5H10O4. The van der Waals surface area contributed by atoms with E-state index < -0.39 is 5.97 Å². The molecule has 2 N–H and O–H groups in total. The Morgan fingerprint density at radius 3 is 2.22 bits per heavy atom. The SMILES string of the molecule is CC(=O)O.OCC1CO1. The van der Waals surface area contributed by atoms with Crippen molar-refractivity contribution in [2.75, 3.05) is 13.2 Å². The van der Waals surface area contributed by atoms with Crippen molar-refractivity contribution < 1.29 is 19.7 Å². The summed E-state index contributed by atoms with van der Waals surface area (Å²) in [6.07, 6.45) is 0.190. The van der Waals surface area contributed by atoms with Crippen molar-refractivity contribution in [3.05, 3.63) is 0 Å². The Kier molecular flexibility index (Phi) is 4.00. The Morgan fingerprint density at radius 1 is 1.89 bits per heavy atom. The summed E-state index contributed by atoms with van der Waals surface area (Å²) >= 11 is 0. The topological polar surface area (TPSA) is 70.1 Å². The number of carboxylic acids is 1. The molecule has 0 saturated carbocycles. The number of carbonyl (C=O) groups is 1. The van der Waals surface area contributed by atoms with Gasteiger partial charge in [-0.1, -0.05) is 0 Å². The fourth-order valence-electron chi connectivity index (χ4n) is 0.173. The molecule has 1 fully saturated rings. The van der Waals surface area contributed by atoms with Crippen LogP contribution in [-0.2, 0) is 9.53 Å². The van der Waals surface area contributed by atoms with Crippen molar-refractivity contribution in [2.24, 2.45) is 0 Å². The van der Waals surface area contributed by atoms with Gasteiger partial charge in [0.15, 0.2) is 0 Å². The van der Waals surface area contributed by atoms with E-state index in [4.69, 9.17) is 15.0 Å². The van der Waals surface area contributed by atoms with Crippen LogP contribution in [0.25, 0.3) is 0 Å². The van der Waals surface area contributed by atoms with Gasteiger partial charge in [0.05, 0.1) is 13.2 Å². The lowest BCUT2D eigenvalue weighted by Crippen LogP contribution is -1.88. The quantitative estimate of drug-likeness (QED) is 0.473. The zero-order valence-electron chi connectivity index (χ0n) is 5.20. The lowest BCUT2D eigenvalue weighted by molar-refractivity contribution is -0.134. The molecule has 0 bridgehead atoms. The molecule has 1 rings (SSSR count). The van der Waals surface area contributed by atoms with Crippen LogP contribution in [0, 0.1) is 0 Å². The normalized spacial score (nSPS) is 21.8. The highest BCUT2D eigenvalue weighted by Crippen LogP contribution is 2.04. The van der Waals surface area contributed by atoms with Crippen molar-refractivity contribution in [2.45, 2.75) is 13.0 Å². The fraction of sp³-hybridized carbons (Fsp3) is 0.800. The summed E-state index contributed by atoms with van der Waals surface area (Å²) in [6.45, 7) is 2.04. The van der Waals surface area contributed by atoms with Gasteiger partial charge in [0.1, 0.15) is 6.10 Å². The summed E-state index contributed by atoms with van der Waals surface area (Å²) < 4.78 is 4.61. The van der Waals surface area contributed by atoms with Crippen LogP contribution in [-0.4, -0.2) is 35.5 Å². The van der Waals surface area contributed by atoms with Crippen molar-refractivity contribution in [3.8, 4) is 0 Å². The fourth-order valence-corrected chi connectivity index (χ4v) is 0.173. The van der Waals surface area contributed by atoms with Gasteiger partial charge in [0.25, 0.3) is 5.97 Å². The lowest BCUT2D eigenvalue weighted by Gasteiger charge is -1.70. The molecular weight excluding hydrogens is 124 g/mol. The van der Waals surface area contributed by atoms with E-state index in [1.807, 2.05) is 0 Å². The summed E-state index contributed by atoms with van der Waals surface area (Å²) in [6, 6.07) is 0. The van der Waals surface area contributed by atoms with Gasteiger partial charge in [0.2, 0.25) is 0 Å². The number of aliphatic hydroxyl groups excluding tert-OH is 1. The van der Waals surface area contributed by atoms with Crippen molar-refractivity contribution in [3.63, 3.8) is 0 Å². The maximum absolute atomic E-state index is 9.00. The van der Waals surface area contributed by atoms with Gasteiger partial charge in [-0.3, -0.25) is 4.79 Å². The minimum absolute atomic E-state index is 0.190. The van der Waals surface area contributed by atoms with E-state index in [0.29, 0.717) is 0 Å². The van der Waals surface area contributed by atoms with Gasteiger partial charge in [-0.15, -0.1) is 0 Å². The average molecular weight is 134 g/mol. The monoisotopic (exact) mass is 134 g/mol. The van der Waals surface area contributed by atoms with Crippen LogP contribution >= 0.6 is 0 Å². The molecule has 0 spiro atoms. The smallest absolute Gasteiger partial charge is 0.300 e. The minimum atomic E-state index is -0.833. The number of aliphatic carboxylic acids is 1. The summed E-state index contributed by atoms with van der Waals surface area (Å²) in [5.41, 5.74) is 0. The zero-order chi connectivity index (χ0) is 7.28. The zero-order valence-corrected chi connectivity index (χ0v) is 5.20. The van der Waals surface area contributed by atoms with E-state index in [-0.39, 0.29) is 12.7 Å². The predicted octanol–water partition coefficient (Wildman–Crippen LogP) is -0.532. The van der Waals surface area contributed by atoms with Crippen molar-refractivity contribution in [1.29, 1.82) is 0 Å². The number of ether oxygens (including phenoxy) is 1. The number of hydrogen-bond acceptors (Lipinski definition) is 3. The molecule has 1 unspecified atom stereocenters. The molecule has 1 aliphatic rings. The summed E-state index contributed by atoms with van der Waals surface area (Å²) in [4.78, 5) is 9.00. The molecule has 0 aromatic heterocycles. The molecule has 1 aliphatic heterocycles. The Morgan fingerprint density at radius 2 is 2.22 bits per heavy atom. The number of hydrogen-bond donors (Lipinski definition) is 2. The Balaban J connectivity index is 0.000000148. The van der Waals surface area contributed by atoms with Crippen LogP contribution in [0.2, 0.25) is 0 Å². The Bertz CT molecular complexity index is 83.0. The maximum Gasteiger partial charge on any atom is 0.300 e. The van der Waals surface area contributed by atoms with Gasteiger partial charge >= 0.3 is 0 Å². The molecule has 0 aromatic carbocycles. The Labute approximate surface area is 53.1 Å². The first-order chi connectivity index (χ1) is 4.16. The largest absolute Gasteiger partial charge is 0.481 e. The first-order valence-corrected chi connectivity index (χ1v) is 2.58. The van der Waals surface area contributed by atoms with Gasteiger partial charge in [-0.2, -0.15) is 0 Å². The highest BCUT2D eigenvalue weighted by molar-refractivity contribution is 5.62. The molecule has 9 heavy (non-hydrogen) atoms. The van der Waals surface area contributed by atoms with Gasteiger partial charge in [-0.25, -0.2) is 0 Å². The first-order valence-electron chi connectivity index (χ1n) is 2.58. The lowest BCUT2D eigenvalue weighted by atomic mass is 10.5. The standard InChI is InChI=1S/C3H6O2.C2H4O2/c4-1-3-2-5-3;1-2(3)4/h3-4H,1-2H2;1H3,(H,3,4). The molecule has 1 heterocycles. The number of aliphatic hydroxyl groups is 1. The van der Waals surface area contributed by atoms with E-state index in [9.17, 15) is 0 Å². The van der Waals surface area contributed by atoms with Gasteiger partial charge in [0, 0.05) is 6.92 Å². The van der Waals surface area contributed by atoms with Crippen LogP contribution in [0.1, 0.15) is 6.92 Å². The predicted molar refractivity (Wildman–Crippen MR) is 30.1 cm³/mol. The van der Waals surface area contributed by atoms with Crippen LogP contribution in [0.4, 0.5) is 0 Å². The van der Waals surface area contributed by atoms with Crippen LogP contribution < -0.4 is 0 Å². The maximum atomic E-state index is 9.00. The van der Waals surface area contributed by atoms with E-state index in [2.05, 4.69) is 4.74 Å². The molecule has 4 heteroatoms. The van der Waals surface area contributed by atoms with Crippen LogP contribution in [0.3, 0.4) is 0 Å². The average Bonchev–Trinajstić information content (AvgIpc) is 2.43. The number of epoxide rings is 1. The molecule has 54 valence electrons. The molecule has 0 amide bonds. The molecule has 0 radical (unpaired) electrons. The van der Waals surface area contributed by atoms with Crippen LogP contribution in [0.5, 0.6) is 0 Å². The second kappa shape index (κ2) is 4.29. The third-order valence-corrected chi connectivity index (χ3v) is 0.606. The summed E-state index contributed by atoms with van der Waals surface area (Å²) in [5.74, 6) is -0.833. The first kappa shape index (κ1) is 8.39. The van der Waals surface area contributed by atoms with Crippen molar-refractivity contribution >= 4 is 5.97 Å². The Hall–Kier alpha value is -0.610. The molecule has 1 saturated heterocycles. The van der Waals surface area contributed by atoms with Gasteiger partial charge in [-0.05, 0) is 0 Å². The van der Waals surface area contributed by atoms with Gasteiger partial charge < -0.3 is 14.9 Å². The molecule has 1 atom stereocenters. The molecule has 4 nitrogen and oxygen atoms in total. The van der Waals surface area contributed by atoms with Crippen LogP contribution in [0.15, 0.2) is 0 Å². The minimum Gasteiger partial charge on any atom is -0.481 e. The third kappa shape index (κ3) is 11.1. The third-order valence-electron chi connectivity index (χ3n) is 0.606. The molecule has 0 aromatic rings. The summed E-state index contributed by atoms with van der Waals surface area (Å²) in [5, 5.41) is 15.5. The molecule has 0 aliphatic carbocycles. The number of carboxylic acid groups (broad SMARTS) is 1. The van der Waals surface area contributed by atoms with E-state index in [1.54, 1.807) is 0 Å². The highest BCUT2D eigenvalue weighted by atomic mass is 16.6. The van der Waals surface area contributed by atoms with Crippen molar-refractivity contribution in [1.82, 2.24) is 0 Å².